The fourth-order valence-corrected chi connectivity index (χ4v) is 4.50. The monoisotopic (exact) mass is 326 g/mol. The van der Waals surface area contributed by atoms with Gasteiger partial charge < -0.3 is 10.1 Å². The summed E-state index contributed by atoms with van der Waals surface area (Å²) in [5.41, 5.74) is 2.68. The van der Waals surface area contributed by atoms with Crippen LogP contribution in [0.2, 0.25) is 0 Å². The number of thiophene rings is 1. The van der Waals surface area contributed by atoms with Crippen molar-refractivity contribution in [3.63, 3.8) is 0 Å². The molecule has 0 atom stereocenters. The predicted octanol–water partition coefficient (Wildman–Crippen LogP) is 3.93. The molecule has 2 heterocycles. The van der Waals surface area contributed by atoms with E-state index in [0.717, 1.165) is 40.6 Å². The lowest BCUT2D eigenvalue weighted by molar-refractivity contribution is 0.471. The summed E-state index contributed by atoms with van der Waals surface area (Å²) < 4.78 is 0. The van der Waals surface area contributed by atoms with Crippen molar-refractivity contribution in [1.82, 2.24) is 9.97 Å². The summed E-state index contributed by atoms with van der Waals surface area (Å²) >= 11 is 1.65. The molecule has 5 heteroatoms. The minimum absolute atomic E-state index is 0.0653. The van der Waals surface area contributed by atoms with E-state index in [-0.39, 0.29) is 11.3 Å². The lowest BCUT2D eigenvalue weighted by atomic mass is 10.1. The van der Waals surface area contributed by atoms with E-state index in [1.54, 1.807) is 17.4 Å². The van der Waals surface area contributed by atoms with Crippen LogP contribution in [-0.2, 0) is 12.8 Å². The van der Waals surface area contributed by atoms with Gasteiger partial charge in [0.2, 0.25) is 0 Å². The van der Waals surface area contributed by atoms with Crippen LogP contribution in [0.4, 0.5) is 0 Å². The minimum atomic E-state index is -0.0653. The number of phenols is 1. The lowest BCUT2D eigenvalue weighted by Crippen LogP contribution is -2.10. The minimum Gasteiger partial charge on any atom is -0.508 e. The molecule has 118 valence electrons. The van der Waals surface area contributed by atoms with Crippen LogP contribution in [0.15, 0.2) is 23.0 Å². The molecule has 0 amide bonds. The Morgan fingerprint density at radius 3 is 2.87 bits per heavy atom. The molecule has 3 aromatic rings. The number of benzene rings is 1. The van der Waals surface area contributed by atoms with Gasteiger partial charge in [0.25, 0.3) is 5.56 Å². The molecule has 0 fully saturated rings. The highest BCUT2D eigenvalue weighted by Crippen LogP contribution is 2.34. The molecule has 4 rings (SSSR count). The molecule has 0 radical (unpaired) electrons. The number of fused-ring (bicyclic) bond motifs is 3. The fourth-order valence-electron chi connectivity index (χ4n) is 3.23. The highest BCUT2D eigenvalue weighted by Gasteiger charge is 2.19. The first-order chi connectivity index (χ1) is 11.1. The summed E-state index contributed by atoms with van der Waals surface area (Å²) in [6, 6.07) is 5.36. The van der Waals surface area contributed by atoms with Gasteiger partial charge in [-0.15, -0.1) is 11.3 Å². The summed E-state index contributed by atoms with van der Waals surface area (Å²) in [6.45, 7) is 1.84. The smallest absolute Gasteiger partial charge is 0.260 e. The molecule has 0 aliphatic heterocycles. The van der Waals surface area contributed by atoms with E-state index in [9.17, 15) is 9.90 Å². The van der Waals surface area contributed by atoms with E-state index in [0.29, 0.717) is 5.82 Å². The van der Waals surface area contributed by atoms with Crippen LogP contribution >= 0.6 is 11.3 Å². The largest absolute Gasteiger partial charge is 0.508 e. The van der Waals surface area contributed by atoms with Crippen LogP contribution < -0.4 is 5.56 Å². The van der Waals surface area contributed by atoms with Gasteiger partial charge in [-0.1, -0.05) is 18.6 Å². The van der Waals surface area contributed by atoms with E-state index in [1.165, 1.54) is 23.3 Å². The van der Waals surface area contributed by atoms with Gasteiger partial charge in [-0.3, -0.25) is 4.79 Å². The van der Waals surface area contributed by atoms with Crippen molar-refractivity contribution in [3.05, 3.63) is 44.6 Å². The van der Waals surface area contributed by atoms with E-state index in [2.05, 4.69) is 9.97 Å². The normalized spacial score (nSPS) is 14.7. The third kappa shape index (κ3) is 2.45. The van der Waals surface area contributed by atoms with Gasteiger partial charge in [0.05, 0.1) is 5.39 Å². The Hall–Kier alpha value is -2.14. The van der Waals surface area contributed by atoms with Crippen molar-refractivity contribution in [2.75, 3.05) is 0 Å². The van der Waals surface area contributed by atoms with Gasteiger partial charge >= 0.3 is 0 Å². The molecule has 1 aliphatic rings. The third-order valence-electron chi connectivity index (χ3n) is 4.56. The van der Waals surface area contributed by atoms with Crippen LogP contribution in [-0.4, -0.2) is 15.1 Å². The molecule has 1 aliphatic carbocycles. The quantitative estimate of drug-likeness (QED) is 0.666. The Morgan fingerprint density at radius 2 is 2.04 bits per heavy atom. The second kappa shape index (κ2) is 5.49. The maximum atomic E-state index is 12.6. The predicted molar refractivity (Wildman–Crippen MR) is 93.3 cm³/mol. The van der Waals surface area contributed by atoms with Crippen LogP contribution in [0.5, 0.6) is 5.75 Å². The zero-order chi connectivity index (χ0) is 16.0. The summed E-state index contributed by atoms with van der Waals surface area (Å²) in [7, 11) is 0. The Morgan fingerprint density at radius 1 is 1.22 bits per heavy atom. The van der Waals surface area contributed by atoms with Gasteiger partial charge in [0, 0.05) is 10.4 Å². The van der Waals surface area contributed by atoms with Crippen molar-refractivity contribution in [1.29, 1.82) is 0 Å². The molecule has 4 nitrogen and oxygen atoms in total. The average Bonchev–Trinajstić information content (AvgIpc) is 2.72. The Bertz CT molecular complexity index is 956. The van der Waals surface area contributed by atoms with Crippen molar-refractivity contribution < 1.29 is 5.11 Å². The molecular formula is C18H18N2O2S. The number of phenolic OH excluding ortho intramolecular Hbond substituents is 1. The molecule has 0 unspecified atom stereocenters. The van der Waals surface area contributed by atoms with Gasteiger partial charge in [0.1, 0.15) is 16.4 Å². The molecule has 2 aromatic heterocycles. The summed E-state index contributed by atoms with van der Waals surface area (Å²) in [4.78, 5) is 22.3. The average molecular weight is 326 g/mol. The molecule has 0 bridgehead atoms. The highest BCUT2D eigenvalue weighted by atomic mass is 32.1. The first kappa shape index (κ1) is 14.5. The van der Waals surface area contributed by atoms with E-state index < -0.39 is 0 Å². The number of nitrogens with one attached hydrogen (secondary N) is 1. The van der Waals surface area contributed by atoms with Crippen LogP contribution in [0.1, 0.15) is 35.3 Å². The van der Waals surface area contributed by atoms with Gasteiger partial charge in [0.15, 0.2) is 0 Å². The van der Waals surface area contributed by atoms with Gasteiger partial charge in [-0.05, 0) is 49.8 Å². The Balaban J connectivity index is 1.90. The molecule has 1 aromatic carbocycles. The molecule has 0 saturated carbocycles. The second-order valence-corrected chi connectivity index (χ2v) is 7.24. The summed E-state index contributed by atoms with van der Waals surface area (Å²) in [5.74, 6) is 0.737. The van der Waals surface area contributed by atoms with Crippen LogP contribution in [0, 0.1) is 6.92 Å². The van der Waals surface area contributed by atoms with Crippen LogP contribution in [0.3, 0.4) is 0 Å². The first-order valence-electron chi connectivity index (χ1n) is 7.98. The molecule has 23 heavy (non-hydrogen) atoms. The maximum Gasteiger partial charge on any atom is 0.260 e. The standard InChI is InChI=1S/C18H18N2O2S/c1-10-7-8-11(9-13(10)21)16-19-17(22)15-12-5-3-2-4-6-14(12)23-18(15)20-16/h7-9,21H,2-6H2,1H3,(H,19,20,22). The zero-order valence-electron chi connectivity index (χ0n) is 13.0. The third-order valence-corrected chi connectivity index (χ3v) is 5.74. The fraction of sp³-hybridized carbons (Fsp3) is 0.333. The molecular weight excluding hydrogens is 308 g/mol. The van der Waals surface area contributed by atoms with Crippen molar-refractivity contribution in [3.8, 4) is 17.1 Å². The summed E-state index contributed by atoms with van der Waals surface area (Å²) in [5, 5.41) is 10.7. The first-order valence-corrected chi connectivity index (χ1v) is 8.79. The number of H-pyrrole nitrogens is 1. The maximum absolute atomic E-state index is 12.6. The van der Waals surface area contributed by atoms with Gasteiger partial charge in [-0.2, -0.15) is 0 Å². The number of aromatic nitrogens is 2. The molecule has 2 N–H and O–H groups in total. The topological polar surface area (TPSA) is 66.0 Å². The number of hydrogen-bond donors (Lipinski definition) is 2. The number of hydrogen-bond acceptors (Lipinski definition) is 4. The molecule has 0 saturated heterocycles. The number of aromatic amines is 1. The van der Waals surface area contributed by atoms with E-state index >= 15 is 0 Å². The highest BCUT2D eigenvalue weighted by molar-refractivity contribution is 7.18. The van der Waals surface area contributed by atoms with E-state index in [1.807, 2.05) is 19.1 Å². The van der Waals surface area contributed by atoms with Crippen molar-refractivity contribution in [2.45, 2.75) is 39.0 Å². The Labute approximate surface area is 137 Å². The number of aromatic hydroxyl groups is 1. The van der Waals surface area contributed by atoms with Crippen LogP contribution in [0.25, 0.3) is 21.6 Å². The van der Waals surface area contributed by atoms with Crippen molar-refractivity contribution >= 4 is 21.6 Å². The van der Waals surface area contributed by atoms with Crippen molar-refractivity contribution in [2.24, 2.45) is 0 Å². The zero-order valence-corrected chi connectivity index (χ0v) is 13.8. The number of aryl methyl sites for hydroxylation is 3. The van der Waals surface area contributed by atoms with E-state index in [4.69, 9.17) is 0 Å². The molecule has 0 spiro atoms. The number of nitrogens with zero attached hydrogens (tertiary/aromatic N) is 1. The summed E-state index contributed by atoms with van der Waals surface area (Å²) in [6.07, 6.45) is 5.60. The lowest BCUT2D eigenvalue weighted by Gasteiger charge is -2.04. The second-order valence-electron chi connectivity index (χ2n) is 6.16. The van der Waals surface area contributed by atoms with Gasteiger partial charge in [-0.25, -0.2) is 4.98 Å². The number of rotatable bonds is 1. The SMILES string of the molecule is Cc1ccc(-c2nc3sc4c(c3c(=O)[nH]2)CCCCC4)cc1O. The Kier molecular flexibility index (Phi) is 3.45.